The van der Waals surface area contributed by atoms with Crippen molar-refractivity contribution in [1.29, 1.82) is 0 Å². The van der Waals surface area contributed by atoms with Crippen LogP contribution in [0.2, 0.25) is 0 Å². The first-order valence-electron chi connectivity index (χ1n) is 12.1. The van der Waals surface area contributed by atoms with Crippen LogP contribution in [-0.2, 0) is 27.1 Å². The third-order valence-corrected chi connectivity index (χ3v) is 5.89. The predicted octanol–water partition coefficient (Wildman–Crippen LogP) is 5.11. The fourth-order valence-electron chi connectivity index (χ4n) is 4.42. The molecule has 3 rings (SSSR count). The third kappa shape index (κ3) is 7.32. The Bertz CT molecular complexity index is 938. The summed E-state index contributed by atoms with van der Waals surface area (Å²) in [6, 6.07) is 19.9. The van der Waals surface area contributed by atoms with E-state index in [1.165, 1.54) is 5.56 Å². The van der Waals surface area contributed by atoms with E-state index in [0.29, 0.717) is 25.8 Å². The van der Waals surface area contributed by atoms with E-state index in [4.69, 9.17) is 9.47 Å². The Morgan fingerprint density at radius 1 is 1.00 bits per heavy atom. The average molecular weight is 467 g/mol. The first-order chi connectivity index (χ1) is 16.0. The number of rotatable bonds is 8. The van der Waals surface area contributed by atoms with Crippen LogP contribution in [0, 0.1) is 0 Å². The van der Waals surface area contributed by atoms with Gasteiger partial charge in [-0.25, -0.2) is 4.79 Å². The summed E-state index contributed by atoms with van der Waals surface area (Å²) < 4.78 is 12.1. The lowest BCUT2D eigenvalue weighted by molar-refractivity contribution is -0.122. The highest BCUT2D eigenvalue weighted by Gasteiger charge is 2.50. The monoisotopic (exact) mass is 466 g/mol. The molecule has 2 unspecified atom stereocenters. The molecule has 2 aromatic rings. The van der Waals surface area contributed by atoms with Crippen LogP contribution >= 0.6 is 0 Å². The topological polar surface area (TPSA) is 67.9 Å². The van der Waals surface area contributed by atoms with E-state index in [9.17, 15) is 9.59 Å². The zero-order valence-corrected chi connectivity index (χ0v) is 21.0. The highest BCUT2D eigenvalue weighted by Crippen LogP contribution is 2.37. The van der Waals surface area contributed by atoms with Gasteiger partial charge in [0.25, 0.3) is 0 Å². The van der Waals surface area contributed by atoms with Gasteiger partial charge in [0.1, 0.15) is 11.3 Å². The van der Waals surface area contributed by atoms with Crippen molar-refractivity contribution in [3.63, 3.8) is 0 Å². The van der Waals surface area contributed by atoms with Gasteiger partial charge in [0.2, 0.25) is 5.91 Å². The molecule has 1 N–H and O–H groups in total. The summed E-state index contributed by atoms with van der Waals surface area (Å²) >= 11 is 0. The molecule has 6 nitrogen and oxygen atoms in total. The molecule has 0 radical (unpaired) electrons. The van der Waals surface area contributed by atoms with E-state index in [2.05, 4.69) is 17.4 Å². The Kier molecular flexibility index (Phi) is 8.37. The molecule has 1 saturated heterocycles. The summed E-state index contributed by atoms with van der Waals surface area (Å²) in [5.41, 5.74) is 0.858. The highest BCUT2D eigenvalue weighted by atomic mass is 16.6. The molecule has 1 heterocycles. The molecule has 0 spiro atoms. The Morgan fingerprint density at radius 3 is 2.18 bits per heavy atom. The SMILES string of the molecule is CC(C)(C)OC(=O)N1C(Cc2ccccc2)C(CCC(=O)NCCc2ccccc2)OC1(C)C. The Labute approximate surface area is 203 Å². The molecule has 0 aliphatic carbocycles. The molecule has 6 heteroatoms. The molecule has 2 atom stereocenters. The van der Waals surface area contributed by atoms with Crippen molar-refractivity contribution in [1.82, 2.24) is 10.2 Å². The van der Waals surface area contributed by atoms with Crippen molar-refractivity contribution in [2.45, 2.75) is 83.8 Å². The number of nitrogens with one attached hydrogen (secondary N) is 1. The van der Waals surface area contributed by atoms with Crippen LogP contribution in [0.5, 0.6) is 0 Å². The maximum atomic E-state index is 13.2. The first-order valence-corrected chi connectivity index (χ1v) is 12.1. The number of benzene rings is 2. The van der Waals surface area contributed by atoms with Gasteiger partial charge in [-0.2, -0.15) is 0 Å². The lowest BCUT2D eigenvalue weighted by Gasteiger charge is -2.35. The smallest absolute Gasteiger partial charge is 0.412 e. The lowest BCUT2D eigenvalue weighted by atomic mass is 9.97. The predicted molar refractivity (Wildman–Crippen MR) is 133 cm³/mol. The Morgan fingerprint density at radius 2 is 1.59 bits per heavy atom. The molecular formula is C28H38N2O4. The molecule has 2 amide bonds. The summed E-state index contributed by atoms with van der Waals surface area (Å²) in [7, 11) is 0. The van der Waals surface area contributed by atoms with Crippen LogP contribution in [0.15, 0.2) is 60.7 Å². The molecule has 0 saturated carbocycles. The van der Waals surface area contributed by atoms with Crippen LogP contribution < -0.4 is 5.32 Å². The second-order valence-corrected chi connectivity index (χ2v) is 10.3. The standard InChI is InChI=1S/C28H38N2O4/c1-27(2,3)34-26(32)30-23(20-22-14-10-7-11-15-22)24(33-28(30,4)5)16-17-25(31)29-19-18-21-12-8-6-9-13-21/h6-15,23-24H,16-20H2,1-5H3,(H,29,31). The maximum Gasteiger partial charge on any atom is 0.412 e. The second-order valence-electron chi connectivity index (χ2n) is 10.3. The van der Waals surface area contributed by atoms with Crippen molar-refractivity contribution in [2.75, 3.05) is 6.54 Å². The summed E-state index contributed by atoms with van der Waals surface area (Å²) in [6.45, 7) is 9.94. The van der Waals surface area contributed by atoms with E-state index >= 15 is 0 Å². The van der Waals surface area contributed by atoms with Crippen LogP contribution in [0.1, 0.15) is 58.6 Å². The van der Waals surface area contributed by atoms with E-state index in [1.807, 2.05) is 83.1 Å². The molecule has 184 valence electrons. The van der Waals surface area contributed by atoms with Crippen molar-refractivity contribution in [3.05, 3.63) is 71.8 Å². The van der Waals surface area contributed by atoms with Crippen LogP contribution in [-0.4, -0.2) is 46.9 Å². The minimum absolute atomic E-state index is 0.00786. The Hall–Kier alpha value is -2.86. The molecule has 1 aliphatic rings. The zero-order valence-electron chi connectivity index (χ0n) is 21.0. The van der Waals surface area contributed by atoms with Gasteiger partial charge < -0.3 is 14.8 Å². The molecular weight excluding hydrogens is 428 g/mol. The summed E-state index contributed by atoms with van der Waals surface area (Å²) in [5.74, 6) is -0.00786. The van der Waals surface area contributed by atoms with Crippen LogP contribution in [0.25, 0.3) is 0 Å². The summed E-state index contributed by atoms with van der Waals surface area (Å²) in [4.78, 5) is 27.4. The largest absolute Gasteiger partial charge is 0.444 e. The zero-order chi connectivity index (χ0) is 24.8. The van der Waals surface area contributed by atoms with E-state index < -0.39 is 17.4 Å². The third-order valence-electron chi connectivity index (χ3n) is 5.89. The molecule has 1 fully saturated rings. The van der Waals surface area contributed by atoms with Crippen LogP contribution in [0.3, 0.4) is 0 Å². The van der Waals surface area contributed by atoms with Gasteiger partial charge in [0.05, 0.1) is 12.1 Å². The van der Waals surface area contributed by atoms with Gasteiger partial charge in [-0.1, -0.05) is 60.7 Å². The molecule has 2 aromatic carbocycles. The van der Waals surface area contributed by atoms with Crippen molar-refractivity contribution < 1.29 is 19.1 Å². The molecule has 34 heavy (non-hydrogen) atoms. The average Bonchev–Trinajstić information content (AvgIpc) is 3.02. The van der Waals surface area contributed by atoms with Crippen molar-refractivity contribution >= 4 is 12.0 Å². The number of amides is 2. The van der Waals surface area contributed by atoms with E-state index in [0.717, 1.165) is 12.0 Å². The van der Waals surface area contributed by atoms with Gasteiger partial charge in [-0.3, -0.25) is 9.69 Å². The Balaban J connectivity index is 1.66. The minimum Gasteiger partial charge on any atom is -0.444 e. The minimum atomic E-state index is -0.837. The molecule has 0 aromatic heterocycles. The second kappa shape index (κ2) is 11.0. The fraction of sp³-hybridized carbons (Fsp3) is 0.500. The van der Waals surface area contributed by atoms with E-state index in [1.54, 1.807) is 4.90 Å². The number of ether oxygens (including phenoxy) is 2. The van der Waals surface area contributed by atoms with Crippen molar-refractivity contribution in [3.8, 4) is 0 Å². The van der Waals surface area contributed by atoms with Gasteiger partial charge >= 0.3 is 6.09 Å². The van der Waals surface area contributed by atoms with Gasteiger partial charge in [-0.05, 0) is 65.0 Å². The highest BCUT2D eigenvalue weighted by molar-refractivity contribution is 5.76. The normalized spacial score (nSPS) is 19.6. The first kappa shape index (κ1) is 25.8. The maximum absolute atomic E-state index is 13.2. The fourth-order valence-corrected chi connectivity index (χ4v) is 4.42. The number of hydrogen-bond acceptors (Lipinski definition) is 4. The molecule has 0 bridgehead atoms. The summed E-state index contributed by atoms with van der Waals surface area (Å²) in [6.07, 6.45) is 1.61. The van der Waals surface area contributed by atoms with Gasteiger partial charge in [0.15, 0.2) is 0 Å². The summed E-state index contributed by atoms with van der Waals surface area (Å²) in [5, 5.41) is 3.01. The lowest BCUT2D eigenvalue weighted by Crippen LogP contribution is -2.51. The van der Waals surface area contributed by atoms with Crippen molar-refractivity contribution in [2.24, 2.45) is 0 Å². The van der Waals surface area contributed by atoms with Crippen LogP contribution in [0.4, 0.5) is 4.79 Å². The quantitative estimate of drug-likeness (QED) is 0.587. The number of nitrogens with zero attached hydrogens (tertiary/aromatic N) is 1. The van der Waals surface area contributed by atoms with E-state index in [-0.39, 0.29) is 18.1 Å². The number of carbonyl (C=O) groups excluding carboxylic acids is 2. The molecule has 1 aliphatic heterocycles. The van der Waals surface area contributed by atoms with Gasteiger partial charge in [-0.15, -0.1) is 0 Å². The van der Waals surface area contributed by atoms with Gasteiger partial charge in [0, 0.05) is 13.0 Å². The number of hydrogen-bond donors (Lipinski definition) is 1. The number of carbonyl (C=O) groups is 2.